The van der Waals surface area contributed by atoms with Crippen LogP contribution in [0.25, 0.3) is 0 Å². The van der Waals surface area contributed by atoms with Crippen LogP contribution in [0, 0.1) is 0 Å². The predicted molar refractivity (Wildman–Crippen MR) is 134 cm³/mol. The lowest BCUT2D eigenvalue weighted by Crippen LogP contribution is -2.48. The van der Waals surface area contributed by atoms with Crippen molar-refractivity contribution >= 4 is 34.8 Å². The summed E-state index contributed by atoms with van der Waals surface area (Å²) in [5.41, 5.74) is 2.74. The number of piperazine rings is 1. The maximum Gasteiger partial charge on any atom is 0.257 e. The highest BCUT2D eigenvalue weighted by molar-refractivity contribution is 6.31. The van der Waals surface area contributed by atoms with E-state index in [2.05, 4.69) is 10.2 Å². The second-order valence-corrected chi connectivity index (χ2v) is 8.29. The molecule has 1 saturated heterocycles. The number of hydrogen-bond donors (Lipinski definition) is 1. The molecule has 0 atom stereocenters. The van der Waals surface area contributed by atoms with Gasteiger partial charge in [0.2, 0.25) is 0 Å². The van der Waals surface area contributed by atoms with Crippen molar-refractivity contribution in [3.63, 3.8) is 0 Å². The number of carbonyl (C=O) groups is 2. The van der Waals surface area contributed by atoms with Crippen LogP contribution in [0.3, 0.4) is 0 Å². The van der Waals surface area contributed by atoms with Gasteiger partial charge in [0.1, 0.15) is 11.5 Å². The summed E-state index contributed by atoms with van der Waals surface area (Å²) in [6, 6.07) is 19.8. The maximum absolute atomic E-state index is 13.0. The van der Waals surface area contributed by atoms with Gasteiger partial charge in [-0.05, 0) is 60.7 Å². The molecule has 1 heterocycles. The first-order valence-corrected chi connectivity index (χ1v) is 11.3. The van der Waals surface area contributed by atoms with E-state index in [4.69, 9.17) is 21.1 Å². The fourth-order valence-corrected chi connectivity index (χ4v) is 4.08. The monoisotopic (exact) mass is 479 g/mol. The number of nitrogens with zero attached hydrogens (tertiary/aromatic N) is 2. The van der Waals surface area contributed by atoms with Crippen LogP contribution in [0.15, 0.2) is 66.7 Å². The van der Waals surface area contributed by atoms with E-state index in [1.807, 2.05) is 29.2 Å². The second kappa shape index (κ2) is 10.5. The molecule has 1 N–H and O–H groups in total. The van der Waals surface area contributed by atoms with Gasteiger partial charge >= 0.3 is 0 Å². The summed E-state index contributed by atoms with van der Waals surface area (Å²) in [5.74, 6) is 0.864. The number of nitrogens with one attached hydrogen (secondary N) is 1. The molecule has 8 heteroatoms. The normalized spacial score (nSPS) is 13.4. The number of benzene rings is 3. The van der Waals surface area contributed by atoms with Gasteiger partial charge in [-0.3, -0.25) is 9.59 Å². The van der Waals surface area contributed by atoms with Crippen molar-refractivity contribution < 1.29 is 19.1 Å². The molecule has 0 radical (unpaired) electrons. The molecular weight excluding hydrogens is 454 g/mol. The minimum atomic E-state index is -0.199. The van der Waals surface area contributed by atoms with Gasteiger partial charge in [0.25, 0.3) is 11.8 Å². The molecule has 0 unspecified atom stereocenters. The van der Waals surface area contributed by atoms with Crippen LogP contribution < -0.4 is 19.7 Å². The van der Waals surface area contributed by atoms with Crippen LogP contribution in [0.1, 0.15) is 20.7 Å². The third-order valence-corrected chi connectivity index (χ3v) is 6.02. The molecule has 0 bridgehead atoms. The van der Waals surface area contributed by atoms with E-state index < -0.39 is 0 Å². The summed E-state index contributed by atoms with van der Waals surface area (Å²) >= 11 is 6.09. The molecule has 176 valence electrons. The van der Waals surface area contributed by atoms with E-state index in [0.717, 1.165) is 5.69 Å². The Balaban J connectivity index is 1.35. The van der Waals surface area contributed by atoms with Gasteiger partial charge in [-0.25, -0.2) is 0 Å². The van der Waals surface area contributed by atoms with E-state index in [1.54, 1.807) is 56.7 Å². The summed E-state index contributed by atoms with van der Waals surface area (Å²) in [5, 5.41) is 3.41. The van der Waals surface area contributed by atoms with Crippen molar-refractivity contribution in [2.75, 3.05) is 50.6 Å². The summed E-state index contributed by atoms with van der Waals surface area (Å²) < 4.78 is 10.5. The number of rotatable bonds is 6. The SMILES string of the molecule is COc1cccc(C(=O)Nc2ccc(N3CCN(C(=O)c4cc(Cl)ccc4OC)CC3)cc2)c1. The van der Waals surface area contributed by atoms with E-state index in [1.165, 1.54) is 0 Å². The van der Waals surface area contributed by atoms with Gasteiger partial charge < -0.3 is 24.6 Å². The molecule has 1 aliphatic heterocycles. The molecule has 3 aromatic rings. The minimum absolute atomic E-state index is 0.0883. The molecule has 0 aliphatic carbocycles. The third kappa shape index (κ3) is 5.26. The molecule has 0 spiro atoms. The van der Waals surface area contributed by atoms with E-state index >= 15 is 0 Å². The number of hydrogen-bond acceptors (Lipinski definition) is 5. The average molecular weight is 480 g/mol. The van der Waals surface area contributed by atoms with Crippen LogP contribution >= 0.6 is 11.6 Å². The third-order valence-electron chi connectivity index (χ3n) is 5.78. The van der Waals surface area contributed by atoms with Crippen molar-refractivity contribution in [1.82, 2.24) is 4.90 Å². The standard InChI is InChI=1S/C26H26ClN3O4/c1-33-22-5-3-4-18(16-22)25(31)28-20-7-9-21(10-8-20)29-12-14-30(15-13-29)26(32)23-17-19(27)6-11-24(23)34-2/h3-11,16-17H,12-15H2,1-2H3,(H,28,31). The number of halogens is 1. The zero-order valence-corrected chi connectivity index (χ0v) is 19.8. The largest absolute Gasteiger partial charge is 0.497 e. The first-order chi connectivity index (χ1) is 16.5. The molecule has 1 aliphatic rings. The molecule has 4 rings (SSSR count). The Morgan fingerprint density at radius 2 is 1.62 bits per heavy atom. The van der Waals surface area contributed by atoms with Crippen LogP contribution in [-0.2, 0) is 0 Å². The van der Waals surface area contributed by atoms with Crippen LogP contribution in [-0.4, -0.2) is 57.1 Å². The van der Waals surface area contributed by atoms with Crippen LogP contribution in [0.5, 0.6) is 11.5 Å². The molecule has 7 nitrogen and oxygen atoms in total. The number of amides is 2. The fourth-order valence-electron chi connectivity index (χ4n) is 3.91. The smallest absolute Gasteiger partial charge is 0.257 e. The van der Waals surface area contributed by atoms with Crippen molar-refractivity contribution in [2.24, 2.45) is 0 Å². The van der Waals surface area contributed by atoms with Gasteiger partial charge in [-0.15, -0.1) is 0 Å². The quantitative estimate of drug-likeness (QED) is 0.560. The van der Waals surface area contributed by atoms with E-state index in [-0.39, 0.29) is 11.8 Å². The van der Waals surface area contributed by atoms with Crippen molar-refractivity contribution in [2.45, 2.75) is 0 Å². The lowest BCUT2D eigenvalue weighted by atomic mass is 10.1. The Bertz CT molecular complexity index is 1170. The van der Waals surface area contributed by atoms with Gasteiger partial charge in [0.05, 0.1) is 19.8 Å². The lowest BCUT2D eigenvalue weighted by Gasteiger charge is -2.36. The predicted octanol–water partition coefficient (Wildman–Crippen LogP) is 4.57. The Labute approximate surface area is 203 Å². The number of carbonyl (C=O) groups excluding carboxylic acids is 2. The summed E-state index contributed by atoms with van der Waals surface area (Å²) in [6.45, 7) is 2.57. The minimum Gasteiger partial charge on any atom is -0.497 e. The fraction of sp³-hybridized carbons (Fsp3) is 0.231. The number of anilines is 2. The lowest BCUT2D eigenvalue weighted by molar-refractivity contribution is 0.0743. The Morgan fingerprint density at radius 3 is 2.29 bits per heavy atom. The van der Waals surface area contributed by atoms with Gasteiger partial charge in [0, 0.05) is 48.1 Å². The van der Waals surface area contributed by atoms with E-state index in [0.29, 0.717) is 59.5 Å². The maximum atomic E-state index is 13.0. The van der Waals surface area contributed by atoms with Crippen molar-refractivity contribution in [3.05, 3.63) is 82.9 Å². The Hall–Kier alpha value is -3.71. The zero-order chi connectivity index (χ0) is 24.1. The molecule has 0 saturated carbocycles. The Kier molecular flexibility index (Phi) is 7.23. The topological polar surface area (TPSA) is 71.1 Å². The molecular formula is C26H26ClN3O4. The first-order valence-electron chi connectivity index (χ1n) is 10.9. The average Bonchev–Trinajstić information content (AvgIpc) is 2.88. The first kappa shape index (κ1) is 23.4. The molecule has 3 aromatic carbocycles. The molecule has 1 fully saturated rings. The highest BCUT2D eigenvalue weighted by Gasteiger charge is 2.24. The summed E-state index contributed by atoms with van der Waals surface area (Å²) in [4.78, 5) is 29.5. The highest BCUT2D eigenvalue weighted by Crippen LogP contribution is 2.26. The number of methoxy groups -OCH3 is 2. The molecule has 0 aromatic heterocycles. The van der Waals surface area contributed by atoms with Crippen molar-refractivity contribution in [3.8, 4) is 11.5 Å². The second-order valence-electron chi connectivity index (χ2n) is 7.86. The van der Waals surface area contributed by atoms with Gasteiger partial charge in [0.15, 0.2) is 0 Å². The molecule has 2 amide bonds. The van der Waals surface area contributed by atoms with Gasteiger partial charge in [-0.2, -0.15) is 0 Å². The number of ether oxygens (including phenoxy) is 2. The molecule has 34 heavy (non-hydrogen) atoms. The summed E-state index contributed by atoms with van der Waals surface area (Å²) in [7, 11) is 3.11. The van der Waals surface area contributed by atoms with Crippen molar-refractivity contribution in [1.29, 1.82) is 0 Å². The highest BCUT2D eigenvalue weighted by atomic mass is 35.5. The zero-order valence-electron chi connectivity index (χ0n) is 19.1. The van der Waals surface area contributed by atoms with Crippen LogP contribution in [0.2, 0.25) is 5.02 Å². The Morgan fingerprint density at radius 1 is 0.882 bits per heavy atom. The van der Waals surface area contributed by atoms with Crippen LogP contribution in [0.4, 0.5) is 11.4 Å². The summed E-state index contributed by atoms with van der Waals surface area (Å²) in [6.07, 6.45) is 0. The van der Waals surface area contributed by atoms with E-state index in [9.17, 15) is 9.59 Å². The van der Waals surface area contributed by atoms with Gasteiger partial charge in [-0.1, -0.05) is 17.7 Å².